The second-order valence-electron chi connectivity index (χ2n) is 7.21. The van der Waals surface area contributed by atoms with Crippen molar-refractivity contribution in [2.45, 2.75) is 39.7 Å². The molecule has 1 atom stereocenters. The van der Waals surface area contributed by atoms with Crippen molar-refractivity contribution in [2.75, 3.05) is 13.1 Å². The van der Waals surface area contributed by atoms with Crippen LogP contribution in [0.4, 0.5) is 0 Å². The van der Waals surface area contributed by atoms with E-state index in [1.165, 1.54) is 28.7 Å². The Morgan fingerprint density at radius 1 is 1.54 bits per heavy atom. The minimum atomic E-state index is -0.124. The van der Waals surface area contributed by atoms with Gasteiger partial charge < -0.3 is 15.2 Å². The van der Waals surface area contributed by atoms with E-state index in [0.29, 0.717) is 21.6 Å². The summed E-state index contributed by atoms with van der Waals surface area (Å²) < 4.78 is 1.44. The van der Waals surface area contributed by atoms with Crippen molar-refractivity contribution in [1.29, 1.82) is 0 Å². The summed E-state index contributed by atoms with van der Waals surface area (Å²) in [6.45, 7) is 7.86. The van der Waals surface area contributed by atoms with Gasteiger partial charge in [-0.15, -0.1) is 11.3 Å². The van der Waals surface area contributed by atoms with E-state index in [1.807, 2.05) is 6.92 Å². The predicted octanol–water partition coefficient (Wildman–Crippen LogP) is 1.81. The Morgan fingerprint density at radius 2 is 2.29 bits per heavy atom. The quantitative estimate of drug-likeness (QED) is 0.887. The van der Waals surface area contributed by atoms with Gasteiger partial charge >= 0.3 is 0 Å². The molecule has 0 saturated carbocycles. The molecule has 0 bridgehead atoms. The van der Waals surface area contributed by atoms with Gasteiger partial charge in [0.1, 0.15) is 4.83 Å². The molecule has 2 aromatic rings. The van der Waals surface area contributed by atoms with Crippen LogP contribution in [0.25, 0.3) is 10.2 Å². The summed E-state index contributed by atoms with van der Waals surface area (Å²) in [5.74, 6) is -0.124. The highest BCUT2D eigenvalue weighted by atomic mass is 32.1. The van der Waals surface area contributed by atoms with Crippen LogP contribution in [0.5, 0.6) is 0 Å². The Hall–Kier alpha value is -1.73. The summed E-state index contributed by atoms with van der Waals surface area (Å²) in [5.41, 5.74) is 0.776. The van der Waals surface area contributed by atoms with E-state index in [9.17, 15) is 9.59 Å². The Labute approximate surface area is 145 Å². The number of rotatable bonds is 3. The highest BCUT2D eigenvalue weighted by Gasteiger charge is 2.32. The molecule has 1 fully saturated rings. The molecular weight excluding hydrogens is 324 g/mol. The van der Waals surface area contributed by atoms with E-state index < -0.39 is 0 Å². The molecule has 1 unspecified atom stereocenters. The van der Waals surface area contributed by atoms with Crippen molar-refractivity contribution in [3.8, 4) is 0 Å². The number of aromatic nitrogens is 2. The van der Waals surface area contributed by atoms with Crippen LogP contribution in [0.3, 0.4) is 0 Å². The van der Waals surface area contributed by atoms with Crippen molar-refractivity contribution < 1.29 is 4.79 Å². The minimum Gasteiger partial charge on any atom is -0.350 e. The Balaban J connectivity index is 1.81. The van der Waals surface area contributed by atoms with Crippen LogP contribution in [0, 0.1) is 12.3 Å². The predicted molar refractivity (Wildman–Crippen MR) is 96.7 cm³/mol. The first-order chi connectivity index (χ1) is 11.3. The van der Waals surface area contributed by atoms with Gasteiger partial charge in [0.15, 0.2) is 0 Å². The van der Waals surface area contributed by atoms with E-state index in [1.54, 1.807) is 7.05 Å². The third-order valence-corrected chi connectivity index (χ3v) is 6.21. The molecule has 3 rings (SSSR count). The van der Waals surface area contributed by atoms with Gasteiger partial charge in [0.2, 0.25) is 0 Å². The maximum absolute atomic E-state index is 12.6. The smallest absolute Gasteiger partial charge is 0.262 e. The topological polar surface area (TPSA) is 76.0 Å². The van der Waals surface area contributed by atoms with E-state index in [4.69, 9.17) is 0 Å². The SMILES string of the molecule is Cc1c(C(=O)NCC2NCCCC2(C)C)sc2ncn(C)c(=O)c12. The van der Waals surface area contributed by atoms with Gasteiger partial charge in [0.25, 0.3) is 11.5 Å². The second kappa shape index (κ2) is 6.29. The number of nitrogens with zero attached hydrogens (tertiary/aromatic N) is 2. The lowest BCUT2D eigenvalue weighted by molar-refractivity contribution is 0.0932. The molecule has 6 nitrogen and oxygen atoms in total. The first-order valence-electron chi connectivity index (χ1n) is 8.27. The highest BCUT2D eigenvalue weighted by molar-refractivity contribution is 7.20. The fourth-order valence-electron chi connectivity index (χ4n) is 3.32. The zero-order chi connectivity index (χ0) is 17.5. The maximum atomic E-state index is 12.6. The highest BCUT2D eigenvalue weighted by Crippen LogP contribution is 2.30. The Kier molecular flexibility index (Phi) is 4.48. The summed E-state index contributed by atoms with van der Waals surface area (Å²) in [7, 11) is 1.67. The van der Waals surface area contributed by atoms with E-state index in [0.717, 1.165) is 18.5 Å². The number of thiophene rings is 1. The summed E-state index contributed by atoms with van der Waals surface area (Å²) >= 11 is 1.28. The molecule has 1 saturated heterocycles. The average Bonchev–Trinajstić information content (AvgIpc) is 2.87. The molecule has 3 heterocycles. The Bertz CT molecular complexity index is 837. The first-order valence-corrected chi connectivity index (χ1v) is 9.09. The fraction of sp³-hybridized carbons (Fsp3) is 0.588. The molecule has 0 spiro atoms. The molecule has 24 heavy (non-hydrogen) atoms. The van der Waals surface area contributed by atoms with Crippen molar-refractivity contribution >= 4 is 27.5 Å². The van der Waals surface area contributed by atoms with Gasteiger partial charge in [-0.2, -0.15) is 0 Å². The zero-order valence-electron chi connectivity index (χ0n) is 14.6. The van der Waals surface area contributed by atoms with Gasteiger partial charge in [-0.05, 0) is 37.3 Å². The lowest BCUT2D eigenvalue weighted by Crippen LogP contribution is -2.52. The van der Waals surface area contributed by atoms with Crippen LogP contribution in [0.1, 0.15) is 41.9 Å². The molecule has 0 aromatic carbocycles. The van der Waals surface area contributed by atoms with E-state index >= 15 is 0 Å². The average molecular weight is 348 g/mol. The number of hydrogen-bond acceptors (Lipinski definition) is 5. The lowest BCUT2D eigenvalue weighted by atomic mass is 9.77. The first kappa shape index (κ1) is 17.1. The van der Waals surface area contributed by atoms with Gasteiger partial charge in [-0.1, -0.05) is 13.8 Å². The molecule has 0 aliphatic carbocycles. The third kappa shape index (κ3) is 2.98. The fourth-order valence-corrected chi connectivity index (χ4v) is 4.38. The van der Waals surface area contributed by atoms with Crippen molar-refractivity contribution in [3.05, 3.63) is 27.1 Å². The summed E-state index contributed by atoms with van der Waals surface area (Å²) in [6.07, 6.45) is 3.82. The zero-order valence-corrected chi connectivity index (χ0v) is 15.4. The molecule has 0 radical (unpaired) electrons. The van der Waals surface area contributed by atoms with Crippen LogP contribution in [-0.4, -0.2) is 34.6 Å². The largest absolute Gasteiger partial charge is 0.350 e. The van der Waals surface area contributed by atoms with Crippen LogP contribution in [0.15, 0.2) is 11.1 Å². The molecular formula is C17H24N4O2S. The van der Waals surface area contributed by atoms with Gasteiger partial charge in [-0.25, -0.2) is 4.98 Å². The molecule has 2 N–H and O–H groups in total. The Morgan fingerprint density at radius 3 is 3.00 bits per heavy atom. The second-order valence-corrected chi connectivity index (χ2v) is 8.20. The van der Waals surface area contributed by atoms with Crippen LogP contribution >= 0.6 is 11.3 Å². The van der Waals surface area contributed by atoms with Crippen molar-refractivity contribution in [2.24, 2.45) is 12.5 Å². The number of fused-ring (bicyclic) bond motifs is 1. The normalized spacial score (nSPS) is 20.2. The molecule has 2 aromatic heterocycles. The molecule has 1 amide bonds. The number of hydrogen-bond donors (Lipinski definition) is 2. The summed E-state index contributed by atoms with van der Waals surface area (Å²) in [5, 5.41) is 7.08. The van der Waals surface area contributed by atoms with Gasteiger partial charge in [0.05, 0.1) is 16.6 Å². The van der Waals surface area contributed by atoms with E-state index in [-0.39, 0.29) is 22.9 Å². The van der Waals surface area contributed by atoms with Crippen LogP contribution in [0.2, 0.25) is 0 Å². The van der Waals surface area contributed by atoms with E-state index in [2.05, 4.69) is 29.5 Å². The van der Waals surface area contributed by atoms with Crippen molar-refractivity contribution in [3.63, 3.8) is 0 Å². The monoisotopic (exact) mass is 348 g/mol. The molecule has 130 valence electrons. The van der Waals surface area contributed by atoms with Crippen LogP contribution < -0.4 is 16.2 Å². The number of carbonyl (C=O) groups excluding carboxylic acids is 1. The molecule has 7 heteroatoms. The number of aryl methyl sites for hydroxylation is 2. The number of nitrogens with one attached hydrogen (secondary N) is 2. The minimum absolute atomic E-state index is 0.108. The van der Waals surface area contributed by atoms with Gasteiger partial charge in [-0.3, -0.25) is 9.59 Å². The van der Waals surface area contributed by atoms with Crippen LogP contribution in [-0.2, 0) is 7.05 Å². The summed E-state index contributed by atoms with van der Waals surface area (Å²) in [6, 6.07) is 0.260. The standard InChI is InChI=1S/C17H24N4O2S/c1-10-12-15(20-9-21(4)16(12)23)24-13(10)14(22)19-8-11-17(2,3)6-5-7-18-11/h9,11,18H,5-8H2,1-4H3,(H,19,22). The number of carbonyl (C=O) groups is 1. The number of amides is 1. The van der Waals surface area contributed by atoms with Crippen molar-refractivity contribution in [1.82, 2.24) is 20.2 Å². The maximum Gasteiger partial charge on any atom is 0.262 e. The summed E-state index contributed by atoms with van der Waals surface area (Å²) in [4.78, 5) is 30.4. The molecule has 1 aliphatic heterocycles. The lowest BCUT2D eigenvalue weighted by Gasteiger charge is -2.39. The number of piperidine rings is 1. The third-order valence-electron chi connectivity index (χ3n) is 5.02. The van der Waals surface area contributed by atoms with Gasteiger partial charge in [0, 0.05) is 19.6 Å². The molecule has 1 aliphatic rings.